The van der Waals surface area contributed by atoms with Gasteiger partial charge in [0.25, 0.3) is 5.91 Å². The van der Waals surface area contributed by atoms with E-state index < -0.39 is 5.60 Å². The van der Waals surface area contributed by atoms with Crippen LogP contribution in [0.4, 0.5) is 11.4 Å². The molecule has 1 heterocycles. The minimum atomic E-state index is -0.785. The summed E-state index contributed by atoms with van der Waals surface area (Å²) in [7, 11) is 1.59. The monoisotopic (exact) mass is 359 g/mol. The van der Waals surface area contributed by atoms with E-state index in [1.807, 2.05) is 24.3 Å². The molecule has 1 aliphatic carbocycles. The molecule has 2 fully saturated rings. The van der Waals surface area contributed by atoms with Crippen molar-refractivity contribution in [2.45, 2.75) is 50.5 Å². The Kier molecular flexibility index (Phi) is 6.27. The van der Waals surface area contributed by atoms with Crippen LogP contribution in [0.25, 0.3) is 0 Å². The number of benzene rings is 1. The lowest BCUT2D eigenvalue weighted by molar-refractivity contribution is -0.140. The minimum Gasteiger partial charge on any atom is -0.368 e. The van der Waals surface area contributed by atoms with Crippen molar-refractivity contribution in [1.82, 2.24) is 5.32 Å². The summed E-state index contributed by atoms with van der Waals surface area (Å²) in [6, 6.07) is 7.34. The summed E-state index contributed by atoms with van der Waals surface area (Å²) in [5.41, 5.74) is 0.605. The number of nitrogens with one attached hydrogen (secondary N) is 3. The first-order valence-electron chi connectivity index (χ1n) is 9.61. The van der Waals surface area contributed by atoms with Crippen molar-refractivity contribution in [3.8, 4) is 0 Å². The third kappa shape index (κ3) is 4.43. The molecule has 26 heavy (non-hydrogen) atoms. The third-order valence-electron chi connectivity index (χ3n) is 5.58. The average molecular weight is 359 g/mol. The number of carbonyl (C=O) groups is 2. The number of carbonyl (C=O) groups excluding carboxylic acids is 2. The van der Waals surface area contributed by atoms with Gasteiger partial charge in [-0.15, -0.1) is 0 Å². The lowest BCUT2D eigenvalue weighted by atomic mass is 9.88. The number of ether oxygens (including phenoxy) is 1. The Morgan fingerprint density at radius 2 is 1.73 bits per heavy atom. The molecule has 3 rings (SSSR count). The van der Waals surface area contributed by atoms with Crippen LogP contribution >= 0.6 is 0 Å². The van der Waals surface area contributed by atoms with E-state index in [4.69, 9.17) is 4.74 Å². The highest BCUT2D eigenvalue weighted by Crippen LogP contribution is 2.27. The van der Waals surface area contributed by atoms with Gasteiger partial charge in [-0.25, -0.2) is 0 Å². The summed E-state index contributed by atoms with van der Waals surface area (Å²) in [4.78, 5) is 25.2. The summed E-state index contributed by atoms with van der Waals surface area (Å²) in [6.07, 6.45) is 6.70. The maximum atomic E-state index is 12.8. The molecule has 0 aromatic heterocycles. The molecule has 0 unspecified atom stereocenters. The highest BCUT2D eigenvalue weighted by atomic mass is 16.5. The zero-order valence-corrected chi connectivity index (χ0v) is 15.5. The van der Waals surface area contributed by atoms with Gasteiger partial charge in [-0.2, -0.15) is 0 Å². The van der Waals surface area contributed by atoms with Gasteiger partial charge in [-0.3, -0.25) is 9.59 Å². The number of hydrogen-bond donors (Lipinski definition) is 3. The highest BCUT2D eigenvalue weighted by Gasteiger charge is 2.39. The fraction of sp³-hybridized carbons (Fsp3) is 0.600. The van der Waals surface area contributed by atoms with Crippen molar-refractivity contribution < 1.29 is 14.3 Å². The van der Waals surface area contributed by atoms with Gasteiger partial charge in [0, 0.05) is 24.4 Å². The Labute approximate surface area is 155 Å². The molecule has 0 spiro atoms. The number of amides is 2. The molecule has 1 aliphatic heterocycles. The predicted molar refractivity (Wildman–Crippen MR) is 102 cm³/mol. The molecule has 0 atom stereocenters. The van der Waals surface area contributed by atoms with Gasteiger partial charge < -0.3 is 20.7 Å². The first kappa shape index (κ1) is 18.9. The van der Waals surface area contributed by atoms with E-state index in [0.29, 0.717) is 18.5 Å². The summed E-state index contributed by atoms with van der Waals surface area (Å²) < 4.78 is 5.57. The lowest BCUT2D eigenvalue weighted by Gasteiger charge is -2.34. The number of rotatable bonds is 5. The maximum Gasteiger partial charge on any atom is 0.256 e. The second-order valence-corrected chi connectivity index (χ2v) is 7.31. The van der Waals surface area contributed by atoms with Crippen LogP contribution < -0.4 is 16.0 Å². The van der Waals surface area contributed by atoms with E-state index in [0.717, 1.165) is 44.5 Å². The summed E-state index contributed by atoms with van der Waals surface area (Å²) in [5, 5.41) is 9.20. The molecule has 6 nitrogen and oxygen atoms in total. The largest absolute Gasteiger partial charge is 0.368 e. The quantitative estimate of drug-likeness (QED) is 0.755. The van der Waals surface area contributed by atoms with Crippen LogP contribution in [0, 0.1) is 5.92 Å². The number of methoxy groups -OCH3 is 1. The Morgan fingerprint density at radius 1 is 1.08 bits per heavy atom. The predicted octanol–water partition coefficient (Wildman–Crippen LogP) is 2.91. The minimum absolute atomic E-state index is 0.0832. The Hall–Kier alpha value is -1.92. The molecule has 2 amide bonds. The fourth-order valence-corrected chi connectivity index (χ4v) is 3.88. The van der Waals surface area contributed by atoms with Gasteiger partial charge >= 0.3 is 0 Å². The van der Waals surface area contributed by atoms with Gasteiger partial charge in [-0.1, -0.05) is 25.3 Å². The van der Waals surface area contributed by atoms with Crippen molar-refractivity contribution in [3.63, 3.8) is 0 Å². The van der Waals surface area contributed by atoms with Crippen molar-refractivity contribution >= 4 is 23.2 Å². The smallest absolute Gasteiger partial charge is 0.256 e. The zero-order chi connectivity index (χ0) is 18.4. The van der Waals surface area contributed by atoms with E-state index in [-0.39, 0.29) is 17.7 Å². The van der Waals surface area contributed by atoms with E-state index in [9.17, 15) is 9.59 Å². The van der Waals surface area contributed by atoms with Gasteiger partial charge in [0.2, 0.25) is 5.91 Å². The zero-order valence-electron chi connectivity index (χ0n) is 15.5. The second-order valence-electron chi connectivity index (χ2n) is 7.31. The number of anilines is 2. The molecule has 142 valence electrons. The third-order valence-corrected chi connectivity index (χ3v) is 5.58. The van der Waals surface area contributed by atoms with Crippen molar-refractivity contribution in [2.75, 3.05) is 30.8 Å². The fourth-order valence-electron chi connectivity index (χ4n) is 3.88. The molecule has 0 bridgehead atoms. The Bertz CT molecular complexity index is 635. The summed E-state index contributed by atoms with van der Waals surface area (Å²) >= 11 is 0. The van der Waals surface area contributed by atoms with Crippen molar-refractivity contribution in [3.05, 3.63) is 24.3 Å². The summed E-state index contributed by atoms with van der Waals surface area (Å²) in [6.45, 7) is 1.53. The molecule has 1 saturated carbocycles. The average Bonchev–Trinajstić information content (AvgIpc) is 2.69. The molecule has 1 aromatic rings. The second kappa shape index (κ2) is 8.64. The Balaban J connectivity index is 1.63. The van der Waals surface area contributed by atoms with E-state index in [2.05, 4.69) is 16.0 Å². The molecule has 6 heteroatoms. The SMILES string of the molecule is COC1(C(=O)Nc2cccc(NC(=O)C3CCCCC3)c2)CCNCC1. The van der Waals surface area contributed by atoms with Crippen LogP contribution in [-0.2, 0) is 14.3 Å². The van der Waals surface area contributed by atoms with Crippen LogP contribution in [0.3, 0.4) is 0 Å². The van der Waals surface area contributed by atoms with Gasteiger partial charge in [0.15, 0.2) is 0 Å². The molecule has 0 radical (unpaired) electrons. The first-order chi connectivity index (χ1) is 12.6. The van der Waals surface area contributed by atoms with E-state index >= 15 is 0 Å². The molecule has 1 aromatic carbocycles. The van der Waals surface area contributed by atoms with Crippen LogP contribution in [0.15, 0.2) is 24.3 Å². The van der Waals surface area contributed by atoms with Gasteiger partial charge in [0.1, 0.15) is 5.60 Å². The topological polar surface area (TPSA) is 79.5 Å². The molecular formula is C20H29N3O3. The number of hydrogen-bond acceptors (Lipinski definition) is 4. The standard InChI is InChI=1S/C20H29N3O3/c1-26-20(10-12-21-13-11-20)19(25)23-17-9-5-8-16(14-17)22-18(24)15-6-3-2-4-7-15/h5,8-9,14-15,21H,2-4,6-7,10-13H2,1H3,(H,22,24)(H,23,25). The molecule has 2 aliphatic rings. The molecular weight excluding hydrogens is 330 g/mol. The van der Waals surface area contributed by atoms with Crippen molar-refractivity contribution in [2.24, 2.45) is 5.92 Å². The van der Waals surface area contributed by atoms with Gasteiger partial charge in [-0.05, 0) is 57.0 Å². The first-order valence-corrected chi connectivity index (χ1v) is 9.61. The van der Waals surface area contributed by atoms with E-state index in [1.54, 1.807) is 7.11 Å². The van der Waals surface area contributed by atoms with Crippen LogP contribution in [0.5, 0.6) is 0 Å². The number of piperidine rings is 1. The van der Waals surface area contributed by atoms with Crippen LogP contribution in [0.1, 0.15) is 44.9 Å². The summed E-state index contributed by atoms with van der Waals surface area (Å²) in [5.74, 6) is 0.0608. The van der Waals surface area contributed by atoms with Crippen LogP contribution in [-0.4, -0.2) is 37.6 Å². The lowest BCUT2D eigenvalue weighted by Crippen LogP contribution is -2.51. The Morgan fingerprint density at radius 3 is 2.38 bits per heavy atom. The van der Waals surface area contributed by atoms with Crippen LogP contribution in [0.2, 0.25) is 0 Å². The van der Waals surface area contributed by atoms with Gasteiger partial charge in [0.05, 0.1) is 0 Å². The normalized spacial score (nSPS) is 20.3. The van der Waals surface area contributed by atoms with E-state index in [1.165, 1.54) is 6.42 Å². The van der Waals surface area contributed by atoms with Crippen molar-refractivity contribution in [1.29, 1.82) is 0 Å². The maximum absolute atomic E-state index is 12.8. The highest BCUT2D eigenvalue weighted by molar-refractivity contribution is 5.98. The molecule has 1 saturated heterocycles. The molecule has 3 N–H and O–H groups in total.